The third-order valence-electron chi connectivity index (χ3n) is 3.21. The summed E-state index contributed by atoms with van der Waals surface area (Å²) in [6.45, 7) is 0.950. The minimum absolute atomic E-state index is 0.0517. The molecule has 0 aliphatic heterocycles. The molecule has 0 saturated heterocycles. The molecule has 20 heavy (non-hydrogen) atoms. The molecule has 1 N–H and O–H groups in total. The van der Waals surface area contributed by atoms with Crippen molar-refractivity contribution in [2.45, 2.75) is 31.8 Å². The van der Waals surface area contributed by atoms with Crippen LogP contribution < -0.4 is 10.1 Å². The number of ether oxygens (including phenoxy) is 2. The lowest BCUT2D eigenvalue weighted by Crippen LogP contribution is -2.16. The van der Waals surface area contributed by atoms with Gasteiger partial charge in [-0.25, -0.2) is 4.98 Å². The van der Waals surface area contributed by atoms with Gasteiger partial charge in [0, 0.05) is 6.54 Å². The second-order valence-corrected chi connectivity index (χ2v) is 4.54. The average Bonchev–Trinajstić information content (AvgIpc) is 2.96. The Labute approximate surface area is 116 Å². The molecule has 0 unspecified atom stereocenters. The van der Waals surface area contributed by atoms with E-state index in [1.807, 2.05) is 0 Å². The van der Waals surface area contributed by atoms with E-state index in [0.717, 1.165) is 12.8 Å². The van der Waals surface area contributed by atoms with Crippen LogP contribution in [-0.4, -0.2) is 41.3 Å². The number of hydrogen-bond donors (Lipinski definition) is 1. The van der Waals surface area contributed by atoms with Crippen LogP contribution in [0.1, 0.15) is 25.7 Å². The Bertz CT molecular complexity index is 463. The summed E-state index contributed by atoms with van der Waals surface area (Å²) in [5.41, 5.74) is -0.254. The van der Waals surface area contributed by atoms with Crippen LogP contribution in [0.4, 0.5) is 11.5 Å². The van der Waals surface area contributed by atoms with Gasteiger partial charge in [-0.15, -0.1) is 0 Å². The number of rotatable bonds is 7. The van der Waals surface area contributed by atoms with Crippen LogP contribution in [0.15, 0.2) is 6.33 Å². The number of nitro groups is 1. The standard InChI is InChI=1S/C12H18N4O4/c1-19-12-10(16(17)18)11(14-8-15-12)13-6-7-20-9-4-2-3-5-9/h8-9H,2-7H2,1H3,(H,13,14,15). The summed E-state index contributed by atoms with van der Waals surface area (Å²) in [5.74, 6) is 0.0982. The van der Waals surface area contributed by atoms with Gasteiger partial charge in [-0.05, 0) is 12.8 Å². The number of nitrogens with zero attached hydrogens (tertiary/aromatic N) is 3. The lowest BCUT2D eigenvalue weighted by molar-refractivity contribution is -0.385. The van der Waals surface area contributed by atoms with Gasteiger partial charge in [0.25, 0.3) is 5.88 Å². The Balaban J connectivity index is 1.89. The number of aromatic nitrogens is 2. The van der Waals surface area contributed by atoms with Gasteiger partial charge < -0.3 is 14.8 Å². The quantitative estimate of drug-likeness (QED) is 0.462. The molecule has 8 heteroatoms. The maximum atomic E-state index is 11.0. The van der Waals surface area contributed by atoms with Crippen molar-refractivity contribution in [3.05, 3.63) is 16.4 Å². The van der Waals surface area contributed by atoms with Crippen molar-refractivity contribution < 1.29 is 14.4 Å². The summed E-state index contributed by atoms with van der Waals surface area (Å²) in [6, 6.07) is 0. The summed E-state index contributed by atoms with van der Waals surface area (Å²) in [4.78, 5) is 18.1. The van der Waals surface area contributed by atoms with Crippen LogP contribution >= 0.6 is 0 Å². The third kappa shape index (κ3) is 3.53. The first-order valence-corrected chi connectivity index (χ1v) is 6.61. The highest BCUT2D eigenvalue weighted by atomic mass is 16.6. The molecule has 1 aromatic heterocycles. The molecular formula is C12H18N4O4. The van der Waals surface area contributed by atoms with Crippen molar-refractivity contribution in [2.75, 3.05) is 25.6 Å². The molecule has 1 aliphatic carbocycles. The first-order valence-electron chi connectivity index (χ1n) is 6.61. The molecule has 0 spiro atoms. The normalized spacial score (nSPS) is 15.2. The molecule has 0 aromatic carbocycles. The highest BCUT2D eigenvalue weighted by Gasteiger charge is 2.23. The monoisotopic (exact) mass is 282 g/mol. The second kappa shape index (κ2) is 6.99. The smallest absolute Gasteiger partial charge is 0.372 e. The molecule has 8 nitrogen and oxygen atoms in total. The van der Waals surface area contributed by atoms with Gasteiger partial charge in [0.15, 0.2) is 0 Å². The zero-order valence-electron chi connectivity index (χ0n) is 11.4. The fourth-order valence-electron chi connectivity index (χ4n) is 2.26. The molecule has 1 heterocycles. The molecule has 2 rings (SSSR count). The van der Waals surface area contributed by atoms with Crippen molar-refractivity contribution in [1.82, 2.24) is 9.97 Å². The van der Waals surface area contributed by atoms with Gasteiger partial charge in [0.2, 0.25) is 5.82 Å². The summed E-state index contributed by atoms with van der Waals surface area (Å²) in [6.07, 6.45) is 6.18. The lowest BCUT2D eigenvalue weighted by Gasteiger charge is -2.12. The Morgan fingerprint density at radius 3 is 2.85 bits per heavy atom. The van der Waals surface area contributed by atoms with Gasteiger partial charge in [0.1, 0.15) is 6.33 Å². The minimum atomic E-state index is -0.557. The van der Waals surface area contributed by atoms with Gasteiger partial charge in [-0.1, -0.05) is 12.8 Å². The van der Waals surface area contributed by atoms with E-state index >= 15 is 0 Å². The summed E-state index contributed by atoms with van der Waals surface area (Å²) < 4.78 is 10.5. The highest BCUT2D eigenvalue weighted by Crippen LogP contribution is 2.30. The van der Waals surface area contributed by atoms with E-state index in [9.17, 15) is 10.1 Å². The summed E-state index contributed by atoms with van der Waals surface area (Å²) in [5, 5.41) is 13.9. The van der Waals surface area contributed by atoms with E-state index < -0.39 is 4.92 Å². The van der Waals surface area contributed by atoms with E-state index in [-0.39, 0.29) is 17.4 Å². The van der Waals surface area contributed by atoms with Gasteiger partial charge in [-0.2, -0.15) is 4.98 Å². The van der Waals surface area contributed by atoms with E-state index in [1.54, 1.807) is 0 Å². The fraction of sp³-hybridized carbons (Fsp3) is 0.667. The summed E-state index contributed by atoms with van der Waals surface area (Å²) in [7, 11) is 1.34. The van der Waals surface area contributed by atoms with Crippen molar-refractivity contribution in [3.63, 3.8) is 0 Å². The van der Waals surface area contributed by atoms with E-state index in [1.165, 1.54) is 26.3 Å². The molecule has 0 amide bonds. The van der Waals surface area contributed by atoms with E-state index in [2.05, 4.69) is 15.3 Å². The van der Waals surface area contributed by atoms with Gasteiger partial charge in [-0.3, -0.25) is 10.1 Å². The number of methoxy groups -OCH3 is 1. The molecule has 0 bridgehead atoms. The zero-order valence-corrected chi connectivity index (χ0v) is 11.4. The summed E-state index contributed by atoms with van der Waals surface area (Å²) >= 11 is 0. The van der Waals surface area contributed by atoms with Crippen LogP contribution in [0.3, 0.4) is 0 Å². The van der Waals surface area contributed by atoms with Gasteiger partial charge in [0.05, 0.1) is 24.7 Å². The SMILES string of the molecule is COc1ncnc(NCCOC2CCCC2)c1[N+](=O)[O-]. The molecule has 110 valence electrons. The fourth-order valence-corrected chi connectivity index (χ4v) is 2.26. The maximum Gasteiger partial charge on any atom is 0.372 e. The second-order valence-electron chi connectivity index (χ2n) is 4.54. The largest absolute Gasteiger partial charge is 0.476 e. The Morgan fingerprint density at radius 1 is 1.45 bits per heavy atom. The average molecular weight is 282 g/mol. The first kappa shape index (κ1) is 14.4. The van der Waals surface area contributed by atoms with Crippen LogP contribution in [0, 0.1) is 10.1 Å². The molecule has 1 aromatic rings. The Morgan fingerprint density at radius 2 is 2.20 bits per heavy atom. The Hall–Kier alpha value is -1.96. The van der Waals surface area contributed by atoms with Crippen molar-refractivity contribution in [3.8, 4) is 5.88 Å². The highest BCUT2D eigenvalue weighted by molar-refractivity contribution is 5.60. The molecule has 1 aliphatic rings. The van der Waals surface area contributed by atoms with E-state index in [0.29, 0.717) is 19.3 Å². The molecular weight excluding hydrogens is 264 g/mol. The number of nitrogens with one attached hydrogen (secondary N) is 1. The lowest BCUT2D eigenvalue weighted by atomic mass is 10.3. The van der Waals surface area contributed by atoms with Crippen LogP contribution in [0.25, 0.3) is 0 Å². The zero-order chi connectivity index (χ0) is 14.4. The van der Waals surface area contributed by atoms with Crippen LogP contribution in [-0.2, 0) is 4.74 Å². The molecule has 0 atom stereocenters. The molecule has 1 fully saturated rings. The predicted molar refractivity (Wildman–Crippen MR) is 71.9 cm³/mol. The maximum absolute atomic E-state index is 11.0. The van der Waals surface area contributed by atoms with Crippen LogP contribution in [0.5, 0.6) is 5.88 Å². The Kier molecular flexibility index (Phi) is 5.05. The van der Waals surface area contributed by atoms with E-state index in [4.69, 9.17) is 9.47 Å². The third-order valence-corrected chi connectivity index (χ3v) is 3.21. The van der Waals surface area contributed by atoms with Crippen molar-refractivity contribution in [2.24, 2.45) is 0 Å². The molecule has 0 radical (unpaired) electrons. The predicted octanol–water partition coefficient (Wildman–Crippen LogP) is 1.76. The van der Waals surface area contributed by atoms with Crippen LogP contribution in [0.2, 0.25) is 0 Å². The number of hydrogen-bond acceptors (Lipinski definition) is 7. The minimum Gasteiger partial charge on any atom is -0.476 e. The topological polar surface area (TPSA) is 99.4 Å². The van der Waals surface area contributed by atoms with Gasteiger partial charge >= 0.3 is 5.69 Å². The van der Waals surface area contributed by atoms with Crippen molar-refractivity contribution in [1.29, 1.82) is 0 Å². The van der Waals surface area contributed by atoms with Crippen molar-refractivity contribution >= 4 is 11.5 Å². The first-order chi connectivity index (χ1) is 9.72. The molecule has 1 saturated carbocycles. The number of anilines is 1.